The van der Waals surface area contributed by atoms with Crippen LogP contribution < -0.4 is 9.47 Å². The normalized spacial score (nSPS) is 13.4. The lowest BCUT2D eigenvalue weighted by Crippen LogP contribution is -2.48. The van der Waals surface area contributed by atoms with E-state index in [9.17, 15) is 18.0 Å². The summed E-state index contributed by atoms with van der Waals surface area (Å²) in [5.41, 5.74) is -0.737. The zero-order chi connectivity index (χ0) is 24.9. The van der Waals surface area contributed by atoms with E-state index in [4.69, 9.17) is 9.47 Å². The van der Waals surface area contributed by atoms with Crippen molar-refractivity contribution in [3.63, 3.8) is 0 Å². The average molecular weight is 476 g/mol. The highest BCUT2D eigenvalue weighted by molar-refractivity contribution is 6.08. The van der Waals surface area contributed by atoms with Crippen LogP contribution in [0.25, 0.3) is 10.8 Å². The van der Waals surface area contributed by atoms with Crippen molar-refractivity contribution in [3.8, 4) is 11.8 Å². The predicted molar refractivity (Wildman–Crippen MR) is 121 cm³/mol. The van der Waals surface area contributed by atoms with Crippen LogP contribution in [-0.2, 0) is 6.18 Å². The molecule has 2 heterocycles. The second-order valence-corrected chi connectivity index (χ2v) is 7.59. The molecule has 0 saturated carbocycles. The number of carbonyl (C=O) groups excluding carboxylic acids is 1. The Morgan fingerprint density at radius 3 is 2.38 bits per heavy atom. The number of alkyl halides is 3. The number of amides is 1. The molecule has 182 valence electrons. The fourth-order valence-electron chi connectivity index (χ4n) is 3.87. The third kappa shape index (κ3) is 5.37. The van der Waals surface area contributed by atoms with Crippen molar-refractivity contribution in [2.45, 2.75) is 52.4 Å². The largest absolute Gasteiger partial charge is 0.477 e. The zero-order valence-electron chi connectivity index (χ0n) is 19.5. The SMILES string of the molecule is CCOc1ncc2ccccc2c1C(=O)N(CC)C(CC)C(C)Oc1cnc(C(F)(F)F)cn1. The molecular weight excluding hydrogens is 449 g/mol. The number of fused-ring (bicyclic) bond motifs is 1. The summed E-state index contributed by atoms with van der Waals surface area (Å²) in [6.07, 6.45) is -1.39. The molecule has 34 heavy (non-hydrogen) atoms. The lowest BCUT2D eigenvalue weighted by Gasteiger charge is -2.34. The van der Waals surface area contributed by atoms with Crippen LogP contribution in [0.3, 0.4) is 0 Å². The minimum atomic E-state index is -4.58. The van der Waals surface area contributed by atoms with Crippen LogP contribution in [0.2, 0.25) is 0 Å². The molecule has 1 aromatic carbocycles. The van der Waals surface area contributed by atoms with Gasteiger partial charge in [-0.25, -0.2) is 15.0 Å². The number of rotatable bonds is 9. The fourth-order valence-corrected chi connectivity index (χ4v) is 3.87. The minimum absolute atomic E-state index is 0.0516. The molecule has 0 aliphatic rings. The quantitative estimate of drug-likeness (QED) is 0.425. The van der Waals surface area contributed by atoms with Crippen molar-refractivity contribution in [2.75, 3.05) is 13.2 Å². The lowest BCUT2D eigenvalue weighted by molar-refractivity contribution is -0.141. The van der Waals surface area contributed by atoms with E-state index in [2.05, 4.69) is 15.0 Å². The number of likely N-dealkylation sites (N-methyl/N-ethyl adjacent to an activating group) is 1. The maximum atomic E-state index is 13.8. The number of benzene rings is 1. The van der Waals surface area contributed by atoms with E-state index < -0.39 is 24.0 Å². The minimum Gasteiger partial charge on any atom is -0.477 e. The van der Waals surface area contributed by atoms with Crippen molar-refractivity contribution in [2.24, 2.45) is 0 Å². The molecule has 1 amide bonds. The number of carbonyl (C=O) groups is 1. The summed E-state index contributed by atoms with van der Waals surface area (Å²) in [4.78, 5) is 26.9. The Balaban J connectivity index is 1.91. The Hall–Kier alpha value is -3.43. The Bertz CT molecular complexity index is 1120. The van der Waals surface area contributed by atoms with Gasteiger partial charge in [-0.1, -0.05) is 31.2 Å². The molecule has 0 bridgehead atoms. The van der Waals surface area contributed by atoms with Crippen molar-refractivity contribution >= 4 is 16.7 Å². The highest BCUT2D eigenvalue weighted by Crippen LogP contribution is 2.30. The van der Waals surface area contributed by atoms with Gasteiger partial charge >= 0.3 is 6.18 Å². The number of halogens is 3. The first-order chi connectivity index (χ1) is 16.2. The number of hydrogen-bond acceptors (Lipinski definition) is 6. The van der Waals surface area contributed by atoms with Crippen LogP contribution >= 0.6 is 0 Å². The van der Waals surface area contributed by atoms with Crippen LogP contribution in [0.1, 0.15) is 50.2 Å². The van der Waals surface area contributed by atoms with E-state index in [0.29, 0.717) is 31.3 Å². The van der Waals surface area contributed by atoms with E-state index in [1.165, 1.54) is 0 Å². The summed E-state index contributed by atoms with van der Waals surface area (Å²) in [5, 5.41) is 1.53. The number of pyridine rings is 1. The molecule has 10 heteroatoms. The van der Waals surface area contributed by atoms with Gasteiger partial charge in [-0.15, -0.1) is 0 Å². The van der Waals surface area contributed by atoms with E-state index in [1.54, 1.807) is 18.0 Å². The summed E-state index contributed by atoms with van der Waals surface area (Å²) in [6.45, 7) is 8.04. The lowest BCUT2D eigenvalue weighted by atomic mass is 10.0. The van der Waals surface area contributed by atoms with Gasteiger partial charge in [0.15, 0.2) is 5.69 Å². The highest BCUT2D eigenvalue weighted by Gasteiger charge is 2.34. The molecule has 2 unspecified atom stereocenters. The summed E-state index contributed by atoms with van der Waals surface area (Å²) in [5.74, 6) is -0.0676. The monoisotopic (exact) mass is 476 g/mol. The Labute approximate surface area is 195 Å². The molecular formula is C24H27F3N4O3. The molecule has 0 aliphatic heterocycles. The first-order valence-electron chi connectivity index (χ1n) is 11.1. The molecule has 0 radical (unpaired) electrons. The van der Waals surface area contributed by atoms with Gasteiger partial charge in [-0.05, 0) is 27.2 Å². The summed E-state index contributed by atoms with van der Waals surface area (Å²) < 4.78 is 49.7. The fraction of sp³-hybridized carbons (Fsp3) is 0.417. The molecule has 0 fully saturated rings. The summed E-state index contributed by atoms with van der Waals surface area (Å²) in [6, 6.07) is 7.04. The van der Waals surface area contributed by atoms with Gasteiger partial charge < -0.3 is 14.4 Å². The highest BCUT2D eigenvalue weighted by atomic mass is 19.4. The molecule has 0 spiro atoms. The number of ether oxygens (including phenoxy) is 2. The Morgan fingerprint density at radius 2 is 1.79 bits per heavy atom. The number of nitrogens with zero attached hydrogens (tertiary/aromatic N) is 4. The van der Waals surface area contributed by atoms with Gasteiger partial charge in [0.2, 0.25) is 11.8 Å². The van der Waals surface area contributed by atoms with E-state index in [0.717, 1.165) is 17.0 Å². The topological polar surface area (TPSA) is 77.4 Å². The van der Waals surface area contributed by atoms with Gasteiger partial charge in [0.05, 0.1) is 25.0 Å². The third-order valence-electron chi connectivity index (χ3n) is 5.45. The van der Waals surface area contributed by atoms with Crippen LogP contribution in [0.15, 0.2) is 42.9 Å². The van der Waals surface area contributed by atoms with Crippen molar-refractivity contribution in [1.29, 1.82) is 0 Å². The summed E-state index contributed by atoms with van der Waals surface area (Å²) in [7, 11) is 0. The van der Waals surface area contributed by atoms with Crippen LogP contribution in [0.5, 0.6) is 11.8 Å². The maximum Gasteiger partial charge on any atom is 0.434 e. The van der Waals surface area contributed by atoms with E-state index in [1.807, 2.05) is 45.0 Å². The molecule has 0 N–H and O–H groups in total. The smallest absolute Gasteiger partial charge is 0.434 e. The zero-order valence-corrected chi connectivity index (χ0v) is 19.5. The molecule has 7 nitrogen and oxygen atoms in total. The maximum absolute atomic E-state index is 13.8. The molecule has 2 atom stereocenters. The second kappa shape index (κ2) is 10.7. The molecule has 3 aromatic rings. The second-order valence-electron chi connectivity index (χ2n) is 7.59. The predicted octanol–water partition coefficient (Wildman–Crippen LogP) is 5.15. The number of aromatic nitrogens is 3. The van der Waals surface area contributed by atoms with Crippen molar-refractivity contribution in [1.82, 2.24) is 19.9 Å². The van der Waals surface area contributed by atoms with Gasteiger partial charge in [-0.3, -0.25) is 4.79 Å². The van der Waals surface area contributed by atoms with Gasteiger partial charge in [-0.2, -0.15) is 13.2 Å². The first kappa shape index (κ1) is 25.2. The first-order valence-corrected chi connectivity index (χ1v) is 11.1. The molecule has 0 aliphatic carbocycles. The van der Waals surface area contributed by atoms with E-state index in [-0.39, 0.29) is 17.7 Å². The average Bonchev–Trinajstić information content (AvgIpc) is 2.81. The van der Waals surface area contributed by atoms with Crippen LogP contribution in [0, 0.1) is 0 Å². The van der Waals surface area contributed by atoms with E-state index >= 15 is 0 Å². The van der Waals surface area contributed by atoms with Crippen molar-refractivity contribution < 1.29 is 27.4 Å². The Morgan fingerprint density at radius 1 is 1.06 bits per heavy atom. The van der Waals surface area contributed by atoms with Crippen LogP contribution in [0.4, 0.5) is 13.2 Å². The van der Waals surface area contributed by atoms with Gasteiger partial charge in [0.1, 0.15) is 11.7 Å². The Kier molecular flexibility index (Phi) is 7.90. The molecule has 0 saturated heterocycles. The molecule has 2 aromatic heterocycles. The molecule has 3 rings (SSSR count). The number of hydrogen-bond donors (Lipinski definition) is 0. The van der Waals surface area contributed by atoms with Gasteiger partial charge in [0.25, 0.3) is 5.91 Å². The summed E-state index contributed by atoms with van der Waals surface area (Å²) >= 11 is 0. The standard InChI is InChI=1S/C24H27F3N4O3/c1-5-18(15(4)34-20-14-28-19(13-29-20)24(25,26)27)31(6-2)23(32)21-17-11-9-8-10-16(17)12-30-22(21)33-7-3/h8-15,18H,5-7H2,1-4H3. The van der Waals surface area contributed by atoms with Crippen molar-refractivity contribution in [3.05, 3.63) is 54.1 Å². The third-order valence-corrected chi connectivity index (χ3v) is 5.45. The van der Waals surface area contributed by atoms with Gasteiger partial charge in [0, 0.05) is 23.5 Å². The van der Waals surface area contributed by atoms with Crippen LogP contribution in [-0.4, -0.2) is 51.1 Å².